The van der Waals surface area contributed by atoms with Crippen molar-refractivity contribution in [1.29, 1.82) is 5.26 Å². The summed E-state index contributed by atoms with van der Waals surface area (Å²) in [4.78, 5) is 0. The van der Waals surface area contributed by atoms with Crippen LogP contribution in [-0.2, 0) is 4.74 Å². The van der Waals surface area contributed by atoms with Crippen LogP contribution in [0.1, 0.15) is 0 Å². The van der Waals surface area contributed by atoms with Crippen molar-refractivity contribution in [3.63, 3.8) is 0 Å². The van der Waals surface area contributed by atoms with Gasteiger partial charge in [-0.2, -0.15) is 10.4 Å². The van der Waals surface area contributed by atoms with E-state index in [9.17, 15) is 4.39 Å². The second kappa shape index (κ2) is 6.63. The monoisotopic (exact) mass is 276 g/mol. The molecule has 0 unspecified atom stereocenters. The molecule has 0 aromatic heterocycles. The maximum Gasteiger partial charge on any atom is 0.307 e. The predicted molar refractivity (Wildman–Crippen MR) is 73.1 cm³/mol. The summed E-state index contributed by atoms with van der Waals surface area (Å²) >= 11 is 0. The molecule has 1 aliphatic heterocycles. The van der Waals surface area contributed by atoms with Gasteiger partial charge in [-0.1, -0.05) is 12.1 Å². The Morgan fingerprint density at radius 2 is 2.10 bits per heavy atom. The molecular formula is C13H15FN5O+. The van der Waals surface area contributed by atoms with E-state index < -0.39 is 5.82 Å². The van der Waals surface area contributed by atoms with Gasteiger partial charge in [-0.15, -0.1) is 0 Å². The van der Waals surface area contributed by atoms with Crippen molar-refractivity contribution in [2.75, 3.05) is 31.7 Å². The Labute approximate surface area is 116 Å². The fourth-order valence-electron chi connectivity index (χ4n) is 1.76. The van der Waals surface area contributed by atoms with Crippen molar-refractivity contribution in [3.05, 3.63) is 30.1 Å². The molecule has 1 saturated heterocycles. The van der Waals surface area contributed by atoms with Gasteiger partial charge < -0.3 is 4.74 Å². The van der Waals surface area contributed by atoms with Gasteiger partial charge in [0.2, 0.25) is 5.71 Å². The molecule has 0 radical (unpaired) electrons. The molecule has 0 amide bonds. The first-order valence-electron chi connectivity index (χ1n) is 6.16. The second-order valence-corrected chi connectivity index (χ2v) is 4.15. The number of hydrazone groups is 1. The molecule has 1 fully saturated rings. The lowest BCUT2D eigenvalue weighted by atomic mass is 10.3. The Hall–Kier alpha value is -2.46. The van der Waals surface area contributed by atoms with Crippen LogP contribution in [0.3, 0.4) is 0 Å². The van der Waals surface area contributed by atoms with E-state index in [-0.39, 0.29) is 17.2 Å². The smallest absolute Gasteiger partial charge is 0.307 e. The van der Waals surface area contributed by atoms with Crippen molar-refractivity contribution < 1.29 is 13.7 Å². The largest absolute Gasteiger partial charge is 0.373 e. The number of nitrogens with two attached hydrogens (primary N) is 1. The fourth-order valence-corrected chi connectivity index (χ4v) is 1.76. The van der Waals surface area contributed by atoms with Crippen LogP contribution in [0, 0.1) is 17.1 Å². The van der Waals surface area contributed by atoms with E-state index >= 15 is 0 Å². The van der Waals surface area contributed by atoms with Gasteiger partial charge in [0, 0.05) is 0 Å². The standard InChI is InChI=1S/C13H14FN5O/c14-10-3-1-2-4-11(10)17-18-12(9-15)13(16)19-5-7-20-8-6-19/h1-4H,5-8H2,(H2,16,17)/p+1. The molecule has 3 N–H and O–H groups in total. The average molecular weight is 276 g/mol. The molecule has 1 aromatic carbocycles. The number of halogens is 1. The summed E-state index contributed by atoms with van der Waals surface area (Å²) in [7, 11) is 0. The van der Waals surface area contributed by atoms with Crippen LogP contribution < -0.4 is 11.2 Å². The zero-order valence-electron chi connectivity index (χ0n) is 10.8. The lowest BCUT2D eigenvalue weighted by Crippen LogP contribution is -2.41. The van der Waals surface area contributed by atoms with Crippen molar-refractivity contribution in [2.24, 2.45) is 10.8 Å². The molecule has 0 saturated carbocycles. The van der Waals surface area contributed by atoms with E-state index in [2.05, 4.69) is 10.5 Å². The van der Waals surface area contributed by atoms with Gasteiger partial charge in [0.25, 0.3) is 0 Å². The van der Waals surface area contributed by atoms with E-state index in [1.54, 1.807) is 12.1 Å². The molecule has 1 heterocycles. The highest BCUT2D eigenvalue weighted by atomic mass is 19.1. The summed E-state index contributed by atoms with van der Waals surface area (Å²) in [6, 6.07) is 7.98. The zero-order valence-corrected chi connectivity index (χ0v) is 10.8. The molecule has 1 aromatic rings. The summed E-state index contributed by atoms with van der Waals surface area (Å²) < 4.78 is 20.4. The van der Waals surface area contributed by atoms with Crippen LogP contribution in [0.15, 0.2) is 29.4 Å². The first-order chi connectivity index (χ1) is 9.72. The number of amidine groups is 1. The minimum absolute atomic E-state index is 0.0233. The van der Waals surface area contributed by atoms with E-state index in [0.717, 1.165) is 0 Å². The average Bonchev–Trinajstić information content (AvgIpc) is 2.50. The van der Waals surface area contributed by atoms with Gasteiger partial charge in [0.15, 0.2) is 0 Å². The Morgan fingerprint density at radius 3 is 2.75 bits per heavy atom. The first kappa shape index (κ1) is 14.0. The molecular weight excluding hydrogens is 261 g/mol. The van der Waals surface area contributed by atoms with Crippen LogP contribution in [0.4, 0.5) is 10.1 Å². The molecule has 6 nitrogen and oxygen atoms in total. The molecule has 20 heavy (non-hydrogen) atoms. The first-order valence-corrected chi connectivity index (χ1v) is 6.16. The number of nitrogens with zero attached hydrogens (tertiary/aromatic N) is 3. The quantitative estimate of drug-likeness (QED) is 0.365. The molecule has 104 valence electrons. The highest BCUT2D eigenvalue weighted by Crippen LogP contribution is 2.11. The van der Waals surface area contributed by atoms with Crippen molar-refractivity contribution >= 4 is 17.2 Å². The third kappa shape index (κ3) is 3.30. The van der Waals surface area contributed by atoms with Gasteiger partial charge in [-0.25, -0.2) is 4.39 Å². The Bertz CT molecular complexity index is 583. The summed E-state index contributed by atoms with van der Waals surface area (Å²) in [5.74, 6) is -0.182. The van der Waals surface area contributed by atoms with Gasteiger partial charge in [0.1, 0.15) is 25.0 Å². The fraction of sp³-hybridized carbons (Fsp3) is 0.308. The number of ether oxygens (including phenoxy) is 1. The van der Waals surface area contributed by atoms with E-state index in [4.69, 9.17) is 15.7 Å². The number of hydrogen-bond donors (Lipinski definition) is 2. The van der Waals surface area contributed by atoms with E-state index in [1.807, 2.05) is 10.6 Å². The SMILES string of the molecule is N#C/C(=N\Nc1ccccc1F)C(N)=[N+]1CCOCC1. The molecule has 0 spiro atoms. The Balaban J connectivity index is 2.18. The summed E-state index contributed by atoms with van der Waals surface area (Å²) in [5.41, 5.74) is 8.63. The molecule has 2 rings (SSSR count). The third-order valence-electron chi connectivity index (χ3n) is 2.86. The van der Waals surface area contributed by atoms with Crippen molar-refractivity contribution in [1.82, 2.24) is 0 Å². The normalized spacial score (nSPS) is 15.6. The summed E-state index contributed by atoms with van der Waals surface area (Å²) in [6.07, 6.45) is 0. The number of hydrogen-bond acceptors (Lipinski definition) is 4. The number of para-hydroxylation sites is 1. The summed E-state index contributed by atoms with van der Waals surface area (Å²) in [5, 5.41) is 13.0. The van der Waals surface area contributed by atoms with Crippen LogP contribution >= 0.6 is 0 Å². The maximum atomic E-state index is 13.4. The van der Waals surface area contributed by atoms with Crippen LogP contribution in [0.5, 0.6) is 0 Å². The molecule has 0 atom stereocenters. The van der Waals surface area contributed by atoms with Gasteiger partial charge in [-0.05, 0) is 12.1 Å². The highest BCUT2D eigenvalue weighted by molar-refractivity contribution is 6.45. The van der Waals surface area contributed by atoms with Crippen molar-refractivity contribution in [2.45, 2.75) is 0 Å². The van der Waals surface area contributed by atoms with Crippen LogP contribution in [-0.4, -0.2) is 42.4 Å². The number of benzene rings is 1. The lowest BCUT2D eigenvalue weighted by molar-refractivity contribution is -0.548. The molecule has 7 heteroatoms. The zero-order chi connectivity index (χ0) is 14.4. The number of nitrogens with one attached hydrogen (secondary N) is 1. The Morgan fingerprint density at radius 1 is 1.40 bits per heavy atom. The molecule has 0 aliphatic carbocycles. The molecule has 1 aliphatic rings. The second-order valence-electron chi connectivity index (χ2n) is 4.15. The van der Waals surface area contributed by atoms with Gasteiger partial charge in [-0.3, -0.25) is 15.7 Å². The minimum Gasteiger partial charge on any atom is -0.373 e. The van der Waals surface area contributed by atoms with Gasteiger partial charge >= 0.3 is 5.84 Å². The molecule has 0 bridgehead atoms. The number of morpholine rings is 1. The van der Waals surface area contributed by atoms with Gasteiger partial charge in [0.05, 0.1) is 18.9 Å². The van der Waals surface area contributed by atoms with E-state index in [1.165, 1.54) is 12.1 Å². The summed E-state index contributed by atoms with van der Waals surface area (Å²) in [6.45, 7) is 2.32. The lowest BCUT2D eigenvalue weighted by Gasteiger charge is -2.14. The van der Waals surface area contributed by atoms with Crippen LogP contribution in [0.2, 0.25) is 0 Å². The minimum atomic E-state index is -0.446. The third-order valence-corrected chi connectivity index (χ3v) is 2.86. The highest BCUT2D eigenvalue weighted by Gasteiger charge is 2.18. The van der Waals surface area contributed by atoms with Crippen LogP contribution in [0.25, 0.3) is 0 Å². The topological polar surface area (TPSA) is 86.4 Å². The maximum absolute atomic E-state index is 13.4. The number of nitriles is 1. The Kier molecular flexibility index (Phi) is 4.63. The van der Waals surface area contributed by atoms with E-state index in [0.29, 0.717) is 26.3 Å². The van der Waals surface area contributed by atoms with Crippen molar-refractivity contribution in [3.8, 4) is 6.07 Å². The number of anilines is 1. The number of rotatable bonds is 3. The predicted octanol–water partition coefficient (Wildman–Crippen LogP) is 0.517.